The van der Waals surface area contributed by atoms with Gasteiger partial charge in [0.2, 0.25) is 5.91 Å². The van der Waals surface area contributed by atoms with Crippen molar-refractivity contribution in [1.29, 1.82) is 0 Å². The van der Waals surface area contributed by atoms with E-state index in [2.05, 4.69) is 10.3 Å². The van der Waals surface area contributed by atoms with Crippen molar-refractivity contribution in [3.05, 3.63) is 30.0 Å². The zero-order valence-electron chi connectivity index (χ0n) is 13.0. The smallest absolute Gasteiger partial charge is 0.354 e. The van der Waals surface area contributed by atoms with Crippen molar-refractivity contribution in [1.82, 2.24) is 4.98 Å². The molecule has 0 fully saturated rings. The number of rotatable bonds is 8. The number of fused-ring (bicyclic) bond motifs is 1. The maximum Gasteiger partial charge on any atom is 0.354 e. The maximum atomic E-state index is 11.7. The number of aliphatic hydroxyl groups is 1. The first kappa shape index (κ1) is 16.8. The number of amides is 1. The number of nitrogens with two attached hydrogens (primary N) is 1. The first-order valence-electron chi connectivity index (χ1n) is 7.49. The Morgan fingerprint density at radius 3 is 2.87 bits per heavy atom. The fourth-order valence-corrected chi connectivity index (χ4v) is 2.21. The second-order valence-electron chi connectivity index (χ2n) is 5.25. The number of carbonyl (C=O) groups excluding carboxylic acids is 2. The van der Waals surface area contributed by atoms with Gasteiger partial charge >= 0.3 is 5.97 Å². The number of hydrogen-bond acceptors (Lipinski definition) is 5. The molecule has 0 spiro atoms. The molecule has 1 aromatic heterocycles. The van der Waals surface area contributed by atoms with Gasteiger partial charge in [-0.1, -0.05) is 0 Å². The average molecular weight is 319 g/mol. The Labute approximate surface area is 133 Å². The molecule has 2 rings (SSSR count). The van der Waals surface area contributed by atoms with Crippen molar-refractivity contribution in [3.63, 3.8) is 0 Å². The zero-order valence-corrected chi connectivity index (χ0v) is 13.0. The maximum absolute atomic E-state index is 11.7. The number of H-pyrrole nitrogens is 1. The Morgan fingerprint density at radius 2 is 2.17 bits per heavy atom. The Bertz CT molecular complexity index is 696. The molecule has 0 aliphatic rings. The highest BCUT2D eigenvalue weighted by molar-refractivity contribution is 5.95. The minimum Gasteiger partial charge on any atom is -0.461 e. The van der Waals surface area contributed by atoms with Crippen molar-refractivity contribution in [2.45, 2.75) is 25.9 Å². The van der Waals surface area contributed by atoms with E-state index in [0.717, 1.165) is 16.6 Å². The number of aromatic nitrogens is 1. The molecule has 124 valence electrons. The molecule has 0 unspecified atom stereocenters. The van der Waals surface area contributed by atoms with Gasteiger partial charge in [0.25, 0.3) is 0 Å². The third-order valence-electron chi connectivity index (χ3n) is 3.38. The quantitative estimate of drug-likeness (QED) is 0.548. The first-order chi connectivity index (χ1) is 11.0. The number of ether oxygens (including phenoxy) is 1. The normalized spacial score (nSPS) is 12.1. The van der Waals surface area contributed by atoms with Gasteiger partial charge in [-0.25, -0.2) is 4.79 Å². The van der Waals surface area contributed by atoms with Gasteiger partial charge < -0.3 is 25.9 Å². The number of esters is 1. The summed E-state index contributed by atoms with van der Waals surface area (Å²) >= 11 is 0. The second kappa shape index (κ2) is 7.64. The van der Waals surface area contributed by atoms with Crippen LogP contribution in [0.4, 0.5) is 5.69 Å². The van der Waals surface area contributed by atoms with E-state index in [4.69, 9.17) is 10.5 Å². The lowest BCUT2D eigenvalue weighted by molar-refractivity contribution is -0.118. The predicted molar refractivity (Wildman–Crippen MR) is 87.2 cm³/mol. The Balaban J connectivity index is 1.99. The molecule has 0 radical (unpaired) electrons. The van der Waals surface area contributed by atoms with Gasteiger partial charge in [0.1, 0.15) is 5.69 Å². The molecule has 5 N–H and O–H groups in total. The summed E-state index contributed by atoms with van der Waals surface area (Å²) in [7, 11) is 0. The monoisotopic (exact) mass is 319 g/mol. The number of primary amides is 1. The molecule has 1 aromatic carbocycles. The summed E-state index contributed by atoms with van der Waals surface area (Å²) < 4.78 is 4.96. The first-order valence-corrected chi connectivity index (χ1v) is 7.49. The molecule has 0 aliphatic carbocycles. The molecule has 2 aromatic rings. The average Bonchev–Trinajstić information content (AvgIpc) is 2.94. The van der Waals surface area contributed by atoms with E-state index in [9.17, 15) is 14.7 Å². The highest BCUT2D eigenvalue weighted by Gasteiger charge is 2.11. The van der Waals surface area contributed by atoms with Crippen LogP contribution in [0.25, 0.3) is 10.9 Å². The van der Waals surface area contributed by atoms with E-state index in [1.54, 1.807) is 13.0 Å². The number of anilines is 1. The molecule has 0 aliphatic heterocycles. The minimum atomic E-state index is -0.653. The van der Waals surface area contributed by atoms with Gasteiger partial charge in [-0.2, -0.15) is 0 Å². The van der Waals surface area contributed by atoms with Crippen LogP contribution < -0.4 is 11.1 Å². The summed E-state index contributed by atoms with van der Waals surface area (Å²) in [4.78, 5) is 25.4. The van der Waals surface area contributed by atoms with Crippen LogP contribution in [0.2, 0.25) is 0 Å². The topological polar surface area (TPSA) is 117 Å². The molecule has 7 heteroatoms. The molecule has 1 heterocycles. The molecule has 1 atom stereocenters. The molecule has 0 saturated carbocycles. The summed E-state index contributed by atoms with van der Waals surface area (Å²) in [6.07, 6.45) is -0.177. The number of aliphatic hydroxyl groups excluding tert-OH is 1. The van der Waals surface area contributed by atoms with Gasteiger partial charge in [0, 0.05) is 29.6 Å². The summed E-state index contributed by atoms with van der Waals surface area (Å²) in [5.74, 6) is -0.815. The molecular weight excluding hydrogens is 298 g/mol. The molecule has 7 nitrogen and oxygen atoms in total. The summed E-state index contributed by atoms with van der Waals surface area (Å²) in [5, 5.41) is 13.7. The van der Waals surface area contributed by atoms with Gasteiger partial charge in [0.05, 0.1) is 12.7 Å². The van der Waals surface area contributed by atoms with Crippen LogP contribution in [-0.2, 0) is 9.53 Å². The van der Waals surface area contributed by atoms with Crippen LogP contribution in [-0.4, -0.2) is 41.2 Å². The number of aromatic amines is 1. The van der Waals surface area contributed by atoms with Crippen molar-refractivity contribution in [2.24, 2.45) is 5.73 Å². The van der Waals surface area contributed by atoms with E-state index in [1.165, 1.54) is 0 Å². The fraction of sp³-hybridized carbons (Fsp3) is 0.375. The standard InChI is InChI=1S/C16H21N3O4/c1-2-23-16(22)14-8-10-7-11(3-5-13(10)19-14)18-9-12(20)4-6-15(17)21/h3,5,7-8,12,18-20H,2,4,6,9H2,1H3,(H2,17,21)/t12-/m0/s1. The van der Waals surface area contributed by atoms with Crippen LogP contribution >= 0.6 is 0 Å². The lowest BCUT2D eigenvalue weighted by Crippen LogP contribution is -2.22. The second-order valence-corrected chi connectivity index (χ2v) is 5.25. The third kappa shape index (κ3) is 4.72. The SMILES string of the molecule is CCOC(=O)c1cc2cc(NC[C@@H](O)CCC(N)=O)ccc2[nH]1. The van der Waals surface area contributed by atoms with Gasteiger partial charge in [0.15, 0.2) is 0 Å². The Hall–Kier alpha value is -2.54. The molecule has 0 saturated heterocycles. The van der Waals surface area contributed by atoms with Crippen molar-refractivity contribution < 1.29 is 19.4 Å². The van der Waals surface area contributed by atoms with E-state index in [0.29, 0.717) is 25.3 Å². The van der Waals surface area contributed by atoms with E-state index in [-0.39, 0.29) is 12.4 Å². The summed E-state index contributed by atoms with van der Waals surface area (Å²) in [6, 6.07) is 7.28. The van der Waals surface area contributed by atoms with Crippen LogP contribution in [0.5, 0.6) is 0 Å². The molecular formula is C16H21N3O4. The summed E-state index contributed by atoms with van der Waals surface area (Å²) in [6.45, 7) is 2.39. The van der Waals surface area contributed by atoms with Crippen LogP contribution in [0.3, 0.4) is 0 Å². The Morgan fingerprint density at radius 1 is 1.39 bits per heavy atom. The number of carbonyl (C=O) groups is 2. The fourth-order valence-electron chi connectivity index (χ4n) is 2.21. The highest BCUT2D eigenvalue weighted by Crippen LogP contribution is 2.20. The molecule has 23 heavy (non-hydrogen) atoms. The third-order valence-corrected chi connectivity index (χ3v) is 3.38. The lowest BCUT2D eigenvalue weighted by atomic mass is 10.2. The number of hydrogen-bond donors (Lipinski definition) is 4. The van der Waals surface area contributed by atoms with Crippen LogP contribution in [0, 0.1) is 0 Å². The van der Waals surface area contributed by atoms with Crippen molar-refractivity contribution in [2.75, 3.05) is 18.5 Å². The largest absolute Gasteiger partial charge is 0.461 e. The molecule has 0 bridgehead atoms. The lowest BCUT2D eigenvalue weighted by Gasteiger charge is -2.12. The van der Waals surface area contributed by atoms with Crippen molar-refractivity contribution in [3.8, 4) is 0 Å². The predicted octanol–water partition coefficient (Wildman–Crippen LogP) is 1.38. The van der Waals surface area contributed by atoms with Gasteiger partial charge in [-0.3, -0.25) is 4.79 Å². The van der Waals surface area contributed by atoms with E-state index >= 15 is 0 Å². The summed E-state index contributed by atoms with van der Waals surface area (Å²) in [5.41, 5.74) is 7.09. The zero-order chi connectivity index (χ0) is 16.8. The molecule has 1 amide bonds. The Kier molecular flexibility index (Phi) is 5.59. The highest BCUT2D eigenvalue weighted by atomic mass is 16.5. The van der Waals surface area contributed by atoms with E-state index in [1.807, 2.05) is 18.2 Å². The van der Waals surface area contributed by atoms with Crippen molar-refractivity contribution >= 4 is 28.5 Å². The van der Waals surface area contributed by atoms with Crippen LogP contribution in [0.15, 0.2) is 24.3 Å². The number of nitrogens with one attached hydrogen (secondary N) is 2. The van der Waals surface area contributed by atoms with Gasteiger partial charge in [-0.15, -0.1) is 0 Å². The minimum absolute atomic E-state index is 0.155. The van der Waals surface area contributed by atoms with Crippen LogP contribution in [0.1, 0.15) is 30.3 Å². The number of benzene rings is 1. The van der Waals surface area contributed by atoms with Gasteiger partial charge in [-0.05, 0) is 37.6 Å². The van der Waals surface area contributed by atoms with E-state index < -0.39 is 12.0 Å².